The van der Waals surface area contributed by atoms with Gasteiger partial charge in [-0.3, -0.25) is 9.59 Å². The number of methoxy groups -OCH3 is 2. The monoisotopic (exact) mass is 288 g/mol. The van der Waals surface area contributed by atoms with Crippen LogP contribution in [0.1, 0.15) is 19.8 Å². The molecule has 0 spiro atoms. The van der Waals surface area contributed by atoms with Crippen molar-refractivity contribution in [2.45, 2.75) is 31.9 Å². The smallest absolute Gasteiger partial charge is 0.407 e. The lowest BCUT2D eigenvalue weighted by Gasteiger charge is -2.23. The third-order valence-corrected chi connectivity index (χ3v) is 2.74. The van der Waals surface area contributed by atoms with Crippen molar-refractivity contribution in [3.63, 3.8) is 0 Å². The van der Waals surface area contributed by atoms with Gasteiger partial charge in [-0.15, -0.1) is 5.06 Å². The summed E-state index contributed by atoms with van der Waals surface area (Å²) in [6.07, 6.45) is -1.63. The molecule has 1 N–H and O–H groups in total. The van der Waals surface area contributed by atoms with Crippen LogP contribution in [-0.4, -0.2) is 55.3 Å². The van der Waals surface area contributed by atoms with Crippen molar-refractivity contribution in [3.05, 3.63) is 0 Å². The summed E-state index contributed by atoms with van der Waals surface area (Å²) in [4.78, 5) is 50.5. The van der Waals surface area contributed by atoms with Crippen LogP contribution in [0.3, 0.4) is 0 Å². The summed E-state index contributed by atoms with van der Waals surface area (Å²) in [6.45, 7) is 1.51. The minimum absolute atomic E-state index is 0.0129. The molecule has 3 amide bonds. The molecular formula is C11H16N2O7. The summed E-state index contributed by atoms with van der Waals surface area (Å²) < 4.78 is 9.31. The van der Waals surface area contributed by atoms with Gasteiger partial charge in [-0.25, -0.2) is 9.59 Å². The maximum absolute atomic E-state index is 11.9. The minimum atomic E-state index is -1.21. The third-order valence-electron chi connectivity index (χ3n) is 2.74. The summed E-state index contributed by atoms with van der Waals surface area (Å²) in [5, 5.41) is 2.61. The van der Waals surface area contributed by atoms with Gasteiger partial charge >= 0.3 is 12.1 Å². The van der Waals surface area contributed by atoms with E-state index in [9.17, 15) is 19.2 Å². The quantitative estimate of drug-likeness (QED) is 0.669. The number of carbonyl (C=O) groups is 4. The van der Waals surface area contributed by atoms with Gasteiger partial charge in [0.05, 0.1) is 13.2 Å². The Morgan fingerprint density at radius 1 is 1.20 bits per heavy atom. The molecule has 9 nitrogen and oxygen atoms in total. The van der Waals surface area contributed by atoms with Gasteiger partial charge < -0.3 is 19.6 Å². The van der Waals surface area contributed by atoms with Crippen molar-refractivity contribution >= 4 is 23.9 Å². The zero-order chi connectivity index (χ0) is 15.3. The van der Waals surface area contributed by atoms with Crippen LogP contribution in [0, 0.1) is 0 Å². The van der Waals surface area contributed by atoms with Gasteiger partial charge in [-0.1, -0.05) is 0 Å². The summed E-state index contributed by atoms with van der Waals surface area (Å²) in [6, 6.07) is -1.21. The first-order valence-electron chi connectivity index (χ1n) is 5.85. The number of imide groups is 1. The second kappa shape index (κ2) is 6.85. The summed E-state index contributed by atoms with van der Waals surface area (Å²) in [5.41, 5.74) is 0. The fourth-order valence-electron chi connectivity index (χ4n) is 1.49. The van der Waals surface area contributed by atoms with Crippen molar-refractivity contribution in [2.24, 2.45) is 0 Å². The number of nitrogens with zero attached hydrogens (tertiary/aromatic N) is 1. The zero-order valence-electron chi connectivity index (χ0n) is 11.4. The predicted molar refractivity (Wildman–Crippen MR) is 63.0 cm³/mol. The van der Waals surface area contributed by atoms with Crippen LogP contribution in [0.2, 0.25) is 0 Å². The lowest BCUT2D eigenvalue weighted by Crippen LogP contribution is -2.51. The molecule has 2 unspecified atom stereocenters. The number of carbonyl (C=O) groups excluding carboxylic acids is 4. The van der Waals surface area contributed by atoms with Gasteiger partial charge in [0.25, 0.3) is 11.8 Å². The van der Waals surface area contributed by atoms with Crippen LogP contribution in [0.5, 0.6) is 0 Å². The Kier molecular flexibility index (Phi) is 5.44. The molecule has 0 aromatic rings. The number of hydrogen-bond acceptors (Lipinski definition) is 7. The standard InChI is InChI=1S/C11H16N2O7/c1-6(18-2)9(12-11(17)19-3)10(16)20-13-7(14)4-5-8(13)15/h6,9H,4-5H2,1-3H3,(H,12,17). The number of alkyl carbamates (subject to hydrolysis) is 1. The number of hydroxylamine groups is 2. The zero-order valence-corrected chi connectivity index (χ0v) is 11.4. The maximum atomic E-state index is 11.9. The Morgan fingerprint density at radius 2 is 1.75 bits per heavy atom. The highest BCUT2D eigenvalue weighted by molar-refractivity contribution is 6.01. The Balaban J connectivity index is 2.74. The van der Waals surface area contributed by atoms with E-state index >= 15 is 0 Å². The topological polar surface area (TPSA) is 111 Å². The molecule has 1 rings (SSSR count). The Morgan fingerprint density at radius 3 is 2.20 bits per heavy atom. The molecule has 1 heterocycles. The van der Waals surface area contributed by atoms with Crippen LogP contribution in [0.4, 0.5) is 4.79 Å². The number of nitrogens with one attached hydrogen (secondary N) is 1. The molecule has 1 aliphatic rings. The average molecular weight is 288 g/mol. The Labute approximate surface area is 115 Å². The fourth-order valence-corrected chi connectivity index (χ4v) is 1.49. The van der Waals surface area contributed by atoms with Crippen LogP contribution >= 0.6 is 0 Å². The van der Waals surface area contributed by atoms with Gasteiger partial charge in [0.15, 0.2) is 6.04 Å². The van der Waals surface area contributed by atoms with Crippen LogP contribution in [-0.2, 0) is 28.7 Å². The Bertz CT molecular complexity index is 407. The van der Waals surface area contributed by atoms with Crippen molar-refractivity contribution in [2.75, 3.05) is 14.2 Å². The largest absolute Gasteiger partial charge is 0.453 e. The molecule has 0 radical (unpaired) electrons. The first kappa shape index (κ1) is 15.9. The summed E-state index contributed by atoms with van der Waals surface area (Å²) >= 11 is 0. The highest BCUT2D eigenvalue weighted by Crippen LogP contribution is 2.13. The minimum Gasteiger partial charge on any atom is -0.453 e. The predicted octanol–water partition coefficient (Wildman–Crippen LogP) is -0.647. The molecule has 0 saturated carbocycles. The van der Waals surface area contributed by atoms with E-state index in [0.29, 0.717) is 5.06 Å². The lowest BCUT2D eigenvalue weighted by molar-refractivity contribution is -0.200. The van der Waals surface area contributed by atoms with Gasteiger partial charge in [-0.2, -0.15) is 0 Å². The van der Waals surface area contributed by atoms with Crippen molar-refractivity contribution < 1.29 is 33.5 Å². The second-order valence-corrected chi connectivity index (χ2v) is 4.05. The van der Waals surface area contributed by atoms with Gasteiger partial charge in [0.2, 0.25) is 0 Å². The van der Waals surface area contributed by atoms with Crippen molar-refractivity contribution in [1.82, 2.24) is 10.4 Å². The molecule has 20 heavy (non-hydrogen) atoms. The molecule has 0 aliphatic carbocycles. The molecule has 0 aromatic heterocycles. The fraction of sp³-hybridized carbons (Fsp3) is 0.636. The molecule has 1 fully saturated rings. The van der Waals surface area contributed by atoms with E-state index in [4.69, 9.17) is 9.57 Å². The highest BCUT2D eigenvalue weighted by Gasteiger charge is 2.37. The average Bonchev–Trinajstić information content (AvgIpc) is 2.75. The van der Waals surface area contributed by atoms with Crippen molar-refractivity contribution in [3.8, 4) is 0 Å². The number of ether oxygens (including phenoxy) is 2. The van der Waals surface area contributed by atoms with Gasteiger partial charge in [0, 0.05) is 20.0 Å². The van der Waals surface area contributed by atoms with Gasteiger partial charge in [-0.05, 0) is 6.92 Å². The van der Waals surface area contributed by atoms with Crippen LogP contribution in [0.25, 0.3) is 0 Å². The van der Waals surface area contributed by atoms with Crippen molar-refractivity contribution in [1.29, 1.82) is 0 Å². The number of rotatable bonds is 5. The molecule has 9 heteroatoms. The summed E-state index contributed by atoms with van der Waals surface area (Å²) in [5.74, 6) is -2.20. The first-order chi connectivity index (χ1) is 9.40. The number of hydrogen-bond donors (Lipinski definition) is 1. The molecule has 0 bridgehead atoms. The summed E-state index contributed by atoms with van der Waals surface area (Å²) in [7, 11) is 2.46. The van der Waals surface area contributed by atoms with Crippen LogP contribution in [0.15, 0.2) is 0 Å². The van der Waals surface area contributed by atoms with E-state index in [-0.39, 0.29) is 12.8 Å². The highest BCUT2D eigenvalue weighted by atomic mass is 16.7. The van der Waals surface area contributed by atoms with E-state index in [1.165, 1.54) is 14.0 Å². The van der Waals surface area contributed by atoms with E-state index in [1.807, 2.05) is 0 Å². The van der Waals surface area contributed by atoms with E-state index < -0.39 is 36.0 Å². The molecule has 0 aromatic carbocycles. The molecule has 1 aliphatic heterocycles. The second-order valence-electron chi connectivity index (χ2n) is 4.05. The molecule has 112 valence electrons. The maximum Gasteiger partial charge on any atom is 0.407 e. The lowest BCUT2D eigenvalue weighted by atomic mass is 10.2. The molecule has 1 saturated heterocycles. The first-order valence-corrected chi connectivity index (χ1v) is 5.85. The van der Waals surface area contributed by atoms with Gasteiger partial charge in [0.1, 0.15) is 0 Å². The molecular weight excluding hydrogens is 272 g/mol. The van der Waals surface area contributed by atoms with Crippen LogP contribution < -0.4 is 5.32 Å². The Hall–Kier alpha value is -2.16. The SMILES string of the molecule is COC(=O)NC(C(=O)ON1C(=O)CCC1=O)C(C)OC. The van der Waals surface area contributed by atoms with E-state index in [0.717, 1.165) is 7.11 Å². The normalized spacial score (nSPS) is 17.6. The third kappa shape index (κ3) is 3.67. The van der Waals surface area contributed by atoms with E-state index in [1.54, 1.807) is 0 Å². The molecule has 2 atom stereocenters. The number of amides is 3. The van der Waals surface area contributed by atoms with E-state index in [2.05, 4.69) is 10.1 Å².